The van der Waals surface area contributed by atoms with Crippen molar-refractivity contribution >= 4 is 11.9 Å². The maximum atomic E-state index is 11.7. The molecule has 1 aliphatic rings. The van der Waals surface area contributed by atoms with Gasteiger partial charge < -0.3 is 14.7 Å². The Balaban J connectivity index is 1.84. The van der Waals surface area contributed by atoms with E-state index in [1.54, 1.807) is 18.6 Å². The summed E-state index contributed by atoms with van der Waals surface area (Å²) in [4.78, 5) is 31.5. The SMILES string of the molecule is Cc1cnc(-c2nc(N3CCNC(=O)C3)ncc2-c2onc(C)c2C)cn1. The topological polar surface area (TPSA) is 110 Å². The molecule has 1 fully saturated rings. The largest absolute Gasteiger partial charge is 0.356 e. The average molecular weight is 365 g/mol. The summed E-state index contributed by atoms with van der Waals surface area (Å²) in [5, 5.41) is 6.83. The lowest BCUT2D eigenvalue weighted by Gasteiger charge is -2.27. The maximum absolute atomic E-state index is 11.7. The first-order valence-electron chi connectivity index (χ1n) is 8.64. The molecule has 0 aromatic carbocycles. The number of hydrogen-bond donors (Lipinski definition) is 1. The zero-order valence-corrected chi connectivity index (χ0v) is 15.4. The van der Waals surface area contributed by atoms with Crippen LogP contribution in [-0.2, 0) is 4.79 Å². The molecule has 0 saturated carbocycles. The monoisotopic (exact) mass is 365 g/mol. The van der Waals surface area contributed by atoms with Crippen molar-refractivity contribution in [1.29, 1.82) is 0 Å². The van der Waals surface area contributed by atoms with Crippen molar-refractivity contribution in [3.8, 4) is 22.7 Å². The minimum Gasteiger partial charge on any atom is -0.356 e. The van der Waals surface area contributed by atoms with Gasteiger partial charge in [0.1, 0.15) is 11.4 Å². The molecule has 0 atom stereocenters. The van der Waals surface area contributed by atoms with Gasteiger partial charge in [-0.2, -0.15) is 0 Å². The van der Waals surface area contributed by atoms with Gasteiger partial charge in [-0.05, 0) is 20.8 Å². The summed E-state index contributed by atoms with van der Waals surface area (Å²) in [6, 6.07) is 0. The summed E-state index contributed by atoms with van der Waals surface area (Å²) < 4.78 is 5.51. The summed E-state index contributed by atoms with van der Waals surface area (Å²) >= 11 is 0. The fraction of sp³-hybridized carbons (Fsp3) is 0.333. The number of nitrogens with one attached hydrogen (secondary N) is 1. The third kappa shape index (κ3) is 3.23. The van der Waals surface area contributed by atoms with Gasteiger partial charge in [0.05, 0.1) is 29.7 Å². The number of amides is 1. The Bertz CT molecular complexity index is 997. The highest BCUT2D eigenvalue weighted by Crippen LogP contribution is 2.33. The van der Waals surface area contributed by atoms with Crippen LogP contribution in [0.3, 0.4) is 0 Å². The molecule has 0 bridgehead atoms. The van der Waals surface area contributed by atoms with E-state index in [0.29, 0.717) is 41.7 Å². The van der Waals surface area contributed by atoms with Crippen LogP contribution in [0.2, 0.25) is 0 Å². The number of rotatable bonds is 3. The van der Waals surface area contributed by atoms with Crippen molar-refractivity contribution in [3.63, 3.8) is 0 Å². The highest BCUT2D eigenvalue weighted by molar-refractivity contribution is 5.83. The molecule has 27 heavy (non-hydrogen) atoms. The summed E-state index contributed by atoms with van der Waals surface area (Å²) in [6.07, 6.45) is 5.05. The quantitative estimate of drug-likeness (QED) is 0.743. The van der Waals surface area contributed by atoms with Gasteiger partial charge in [0.25, 0.3) is 0 Å². The molecule has 0 spiro atoms. The molecule has 4 rings (SSSR count). The fourth-order valence-corrected chi connectivity index (χ4v) is 2.88. The molecule has 1 saturated heterocycles. The van der Waals surface area contributed by atoms with E-state index >= 15 is 0 Å². The Kier molecular flexibility index (Phi) is 4.27. The Hall–Kier alpha value is -3.36. The average Bonchev–Trinajstić information content (AvgIpc) is 3.01. The normalized spacial score (nSPS) is 14.3. The van der Waals surface area contributed by atoms with Crippen LogP contribution in [0.15, 0.2) is 23.1 Å². The molecule has 0 unspecified atom stereocenters. The predicted molar refractivity (Wildman–Crippen MR) is 98.0 cm³/mol. The van der Waals surface area contributed by atoms with E-state index in [0.717, 1.165) is 17.0 Å². The second kappa shape index (κ2) is 6.75. The number of carbonyl (C=O) groups is 1. The van der Waals surface area contributed by atoms with E-state index < -0.39 is 0 Å². The molecular formula is C18H19N7O2. The van der Waals surface area contributed by atoms with Crippen LogP contribution >= 0.6 is 0 Å². The van der Waals surface area contributed by atoms with Gasteiger partial charge in [0, 0.05) is 31.0 Å². The summed E-state index contributed by atoms with van der Waals surface area (Å²) in [5.74, 6) is 1.03. The summed E-state index contributed by atoms with van der Waals surface area (Å²) in [6.45, 7) is 7.12. The molecule has 0 radical (unpaired) electrons. The molecule has 0 aliphatic carbocycles. The van der Waals surface area contributed by atoms with Gasteiger partial charge >= 0.3 is 0 Å². The number of piperazine rings is 1. The lowest BCUT2D eigenvalue weighted by Crippen LogP contribution is -2.48. The van der Waals surface area contributed by atoms with Gasteiger partial charge in [-0.3, -0.25) is 14.8 Å². The predicted octanol–water partition coefficient (Wildman–Crippen LogP) is 1.45. The molecule has 1 amide bonds. The van der Waals surface area contributed by atoms with Crippen LogP contribution in [0.25, 0.3) is 22.7 Å². The molecule has 9 heteroatoms. The minimum absolute atomic E-state index is 0.0488. The molecule has 9 nitrogen and oxygen atoms in total. The Morgan fingerprint density at radius 2 is 1.96 bits per heavy atom. The number of nitrogens with zero attached hydrogens (tertiary/aromatic N) is 6. The minimum atomic E-state index is -0.0488. The second-order valence-electron chi connectivity index (χ2n) is 6.47. The van der Waals surface area contributed by atoms with E-state index in [1.165, 1.54) is 0 Å². The van der Waals surface area contributed by atoms with Crippen LogP contribution in [0.5, 0.6) is 0 Å². The number of aryl methyl sites for hydroxylation is 2. The van der Waals surface area contributed by atoms with Crippen molar-refractivity contribution in [1.82, 2.24) is 30.4 Å². The van der Waals surface area contributed by atoms with Crippen LogP contribution in [-0.4, -0.2) is 50.6 Å². The third-order valence-electron chi connectivity index (χ3n) is 4.52. The molecule has 3 aromatic rings. The zero-order valence-electron chi connectivity index (χ0n) is 15.4. The number of carbonyl (C=O) groups excluding carboxylic acids is 1. The standard InChI is InChI=1S/C18H19N7O2/c1-10-6-21-14(8-20-10)16-13(17-11(2)12(3)24-27-17)7-22-18(23-16)25-5-4-19-15(26)9-25/h6-8H,4-5,9H2,1-3H3,(H,19,26). The van der Waals surface area contributed by atoms with Gasteiger partial charge in [-0.15, -0.1) is 0 Å². The molecular weight excluding hydrogens is 346 g/mol. The Labute approximate surface area is 155 Å². The first-order valence-corrected chi connectivity index (χ1v) is 8.64. The zero-order chi connectivity index (χ0) is 19.0. The van der Waals surface area contributed by atoms with Gasteiger partial charge in [-0.1, -0.05) is 5.16 Å². The van der Waals surface area contributed by atoms with E-state index in [4.69, 9.17) is 9.51 Å². The van der Waals surface area contributed by atoms with Crippen molar-refractivity contribution < 1.29 is 9.32 Å². The smallest absolute Gasteiger partial charge is 0.239 e. The third-order valence-corrected chi connectivity index (χ3v) is 4.52. The van der Waals surface area contributed by atoms with E-state index in [9.17, 15) is 4.79 Å². The van der Waals surface area contributed by atoms with Crippen molar-refractivity contribution in [2.75, 3.05) is 24.5 Å². The molecule has 4 heterocycles. The van der Waals surface area contributed by atoms with Gasteiger partial charge in [0.15, 0.2) is 5.76 Å². The lowest BCUT2D eigenvalue weighted by molar-refractivity contribution is -0.120. The number of anilines is 1. The highest BCUT2D eigenvalue weighted by atomic mass is 16.5. The first kappa shape index (κ1) is 17.1. The van der Waals surface area contributed by atoms with Crippen LogP contribution < -0.4 is 10.2 Å². The number of aromatic nitrogens is 5. The van der Waals surface area contributed by atoms with E-state index in [1.807, 2.05) is 25.7 Å². The van der Waals surface area contributed by atoms with Gasteiger partial charge in [0.2, 0.25) is 11.9 Å². The Morgan fingerprint density at radius 1 is 1.11 bits per heavy atom. The fourth-order valence-electron chi connectivity index (χ4n) is 2.88. The van der Waals surface area contributed by atoms with Crippen molar-refractivity contribution in [2.24, 2.45) is 0 Å². The van der Waals surface area contributed by atoms with E-state index in [2.05, 4.69) is 25.4 Å². The summed E-state index contributed by atoms with van der Waals surface area (Å²) in [5.41, 5.74) is 4.44. The molecule has 1 N–H and O–H groups in total. The number of hydrogen-bond acceptors (Lipinski definition) is 8. The first-order chi connectivity index (χ1) is 13.0. The molecule has 138 valence electrons. The molecule has 3 aromatic heterocycles. The van der Waals surface area contributed by atoms with Crippen molar-refractivity contribution in [3.05, 3.63) is 35.5 Å². The van der Waals surface area contributed by atoms with Crippen LogP contribution in [0.1, 0.15) is 17.0 Å². The highest BCUT2D eigenvalue weighted by Gasteiger charge is 2.23. The lowest BCUT2D eigenvalue weighted by atomic mass is 10.1. The van der Waals surface area contributed by atoms with Gasteiger partial charge in [-0.25, -0.2) is 9.97 Å². The second-order valence-corrected chi connectivity index (χ2v) is 6.47. The maximum Gasteiger partial charge on any atom is 0.239 e. The Morgan fingerprint density at radius 3 is 2.63 bits per heavy atom. The molecule has 1 aliphatic heterocycles. The van der Waals surface area contributed by atoms with E-state index in [-0.39, 0.29) is 12.5 Å². The van der Waals surface area contributed by atoms with Crippen LogP contribution in [0.4, 0.5) is 5.95 Å². The summed E-state index contributed by atoms with van der Waals surface area (Å²) in [7, 11) is 0. The van der Waals surface area contributed by atoms with Crippen LogP contribution in [0, 0.1) is 20.8 Å². The van der Waals surface area contributed by atoms with Crippen molar-refractivity contribution in [2.45, 2.75) is 20.8 Å².